The number of para-hydroxylation sites is 1. The van der Waals surface area contributed by atoms with Crippen LogP contribution in [0.15, 0.2) is 36.0 Å². The molecule has 2 N–H and O–H groups in total. The molecule has 5 nitrogen and oxygen atoms in total. The monoisotopic (exact) mass is 308 g/mol. The Morgan fingerprint density at radius 3 is 2.70 bits per heavy atom. The molecule has 5 heteroatoms. The SMILES string of the molecule is CC1CCCCC1N/C=C(/C#N)C(=O)Nc1ccccc1C#N. The van der Waals surface area contributed by atoms with Crippen LogP contribution >= 0.6 is 0 Å². The normalized spacial score (nSPS) is 20.9. The van der Waals surface area contributed by atoms with Gasteiger partial charge in [0.25, 0.3) is 5.91 Å². The average molecular weight is 308 g/mol. The Bertz CT molecular complexity index is 681. The van der Waals surface area contributed by atoms with Crippen molar-refractivity contribution in [1.82, 2.24) is 5.32 Å². The van der Waals surface area contributed by atoms with Crippen LogP contribution in [0.3, 0.4) is 0 Å². The van der Waals surface area contributed by atoms with Crippen molar-refractivity contribution in [1.29, 1.82) is 10.5 Å². The molecular formula is C18H20N4O. The van der Waals surface area contributed by atoms with Crippen molar-refractivity contribution in [3.63, 3.8) is 0 Å². The number of hydrogen-bond acceptors (Lipinski definition) is 4. The van der Waals surface area contributed by atoms with E-state index in [1.165, 1.54) is 19.0 Å². The van der Waals surface area contributed by atoms with E-state index in [9.17, 15) is 10.1 Å². The highest BCUT2D eigenvalue weighted by Gasteiger charge is 2.20. The predicted octanol–water partition coefficient (Wildman–Crippen LogP) is 3.07. The molecule has 0 saturated heterocycles. The summed E-state index contributed by atoms with van der Waals surface area (Å²) in [5.41, 5.74) is 0.787. The highest BCUT2D eigenvalue weighted by molar-refractivity contribution is 6.07. The quantitative estimate of drug-likeness (QED) is 0.661. The van der Waals surface area contributed by atoms with Crippen molar-refractivity contribution in [2.75, 3.05) is 5.32 Å². The van der Waals surface area contributed by atoms with Crippen molar-refractivity contribution in [3.8, 4) is 12.1 Å². The van der Waals surface area contributed by atoms with Gasteiger partial charge in [-0.25, -0.2) is 0 Å². The Morgan fingerprint density at radius 2 is 2.00 bits per heavy atom. The van der Waals surface area contributed by atoms with Gasteiger partial charge in [-0.15, -0.1) is 0 Å². The van der Waals surface area contributed by atoms with Crippen LogP contribution < -0.4 is 10.6 Å². The summed E-state index contributed by atoms with van der Waals surface area (Å²) in [5.74, 6) is 0.0217. The van der Waals surface area contributed by atoms with Crippen LogP contribution in [0.25, 0.3) is 0 Å². The third-order valence-electron chi connectivity index (χ3n) is 4.21. The maximum Gasteiger partial charge on any atom is 0.267 e. The summed E-state index contributed by atoms with van der Waals surface area (Å²) in [5, 5.41) is 24.1. The molecule has 2 atom stereocenters. The Morgan fingerprint density at radius 1 is 1.26 bits per heavy atom. The molecule has 118 valence electrons. The number of rotatable bonds is 4. The maximum absolute atomic E-state index is 12.2. The minimum Gasteiger partial charge on any atom is -0.387 e. The number of nitrogens with one attached hydrogen (secondary N) is 2. The van der Waals surface area contributed by atoms with Crippen molar-refractivity contribution >= 4 is 11.6 Å². The number of carbonyl (C=O) groups excluding carboxylic acids is 1. The number of amides is 1. The molecule has 1 fully saturated rings. The van der Waals surface area contributed by atoms with Gasteiger partial charge in [0.1, 0.15) is 17.7 Å². The van der Waals surface area contributed by atoms with Crippen molar-refractivity contribution in [2.45, 2.75) is 38.6 Å². The van der Waals surface area contributed by atoms with E-state index < -0.39 is 5.91 Å². The standard InChI is InChI=1S/C18H20N4O/c1-13-6-2-4-8-16(13)21-12-15(11-20)18(23)22-17-9-5-3-7-14(17)10-19/h3,5,7,9,12-13,16,21H,2,4,6,8H2,1H3,(H,22,23)/b15-12-. The summed E-state index contributed by atoms with van der Waals surface area (Å²) in [4.78, 5) is 12.2. The molecule has 1 amide bonds. The zero-order valence-corrected chi connectivity index (χ0v) is 13.2. The average Bonchev–Trinajstić information content (AvgIpc) is 2.57. The number of nitriles is 2. The van der Waals surface area contributed by atoms with Gasteiger partial charge < -0.3 is 10.6 Å². The van der Waals surface area contributed by atoms with E-state index in [2.05, 4.69) is 17.6 Å². The number of nitrogens with zero attached hydrogens (tertiary/aromatic N) is 2. The van der Waals surface area contributed by atoms with Crippen molar-refractivity contribution in [2.24, 2.45) is 5.92 Å². The fourth-order valence-corrected chi connectivity index (χ4v) is 2.78. The third-order valence-corrected chi connectivity index (χ3v) is 4.21. The topological polar surface area (TPSA) is 88.7 Å². The molecule has 0 spiro atoms. The molecular weight excluding hydrogens is 288 g/mol. The van der Waals surface area contributed by atoms with Gasteiger partial charge in [0.2, 0.25) is 0 Å². The molecule has 23 heavy (non-hydrogen) atoms. The lowest BCUT2D eigenvalue weighted by Gasteiger charge is -2.29. The van der Waals surface area contributed by atoms with Crippen molar-refractivity contribution < 1.29 is 4.79 Å². The number of benzene rings is 1. The molecule has 2 rings (SSSR count). The summed E-state index contributed by atoms with van der Waals surface area (Å²) < 4.78 is 0. The lowest BCUT2D eigenvalue weighted by Crippen LogP contribution is -2.34. The zero-order chi connectivity index (χ0) is 16.7. The summed E-state index contributed by atoms with van der Waals surface area (Å²) in [6.45, 7) is 2.18. The first kappa shape index (κ1) is 16.6. The van der Waals surface area contributed by atoms with Gasteiger partial charge in [0.15, 0.2) is 0 Å². The fourth-order valence-electron chi connectivity index (χ4n) is 2.78. The molecule has 0 bridgehead atoms. The first-order chi connectivity index (χ1) is 11.2. The smallest absolute Gasteiger partial charge is 0.267 e. The van der Waals surface area contributed by atoms with Crippen LogP contribution in [0.4, 0.5) is 5.69 Å². The lowest BCUT2D eigenvalue weighted by atomic mass is 9.86. The largest absolute Gasteiger partial charge is 0.387 e. The van der Waals surface area contributed by atoms with E-state index >= 15 is 0 Å². The van der Waals surface area contributed by atoms with E-state index in [1.54, 1.807) is 24.3 Å². The zero-order valence-electron chi connectivity index (χ0n) is 13.2. The van der Waals surface area contributed by atoms with Gasteiger partial charge in [-0.3, -0.25) is 4.79 Å². The Labute approximate surface area is 136 Å². The van der Waals surface area contributed by atoms with E-state index in [0.717, 1.165) is 12.8 Å². The number of hydrogen-bond donors (Lipinski definition) is 2. The van der Waals surface area contributed by atoms with Crippen LogP contribution in [0.5, 0.6) is 0 Å². The summed E-state index contributed by atoms with van der Waals surface area (Å²) in [7, 11) is 0. The second-order valence-corrected chi connectivity index (χ2v) is 5.82. The van der Waals surface area contributed by atoms with Gasteiger partial charge in [0, 0.05) is 12.2 Å². The molecule has 0 heterocycles. The van der Waals surface area contributed by atoms with Crippen LogP contribution in [0, 0.1) is 28.6 Å². The second kappa shape index (κ2) is 8.00. The Balaban J connectivity index is 2.05. The number of carbonyl (C=O) groups is 1. The highest BCUT2D eigenvalue weighted by Crippen LogP contribution is 2.23. The Kier molecular flexibility index (Phi) is 5.77. The molecule has 1 aromatic carbocycles. The van der Waals surface area contributed by atoms with Crippen LogP contribution in [0.1, 0.15) is 38.2 Å². The minimum absolute atomic E-state index is 0.00974. The van der Waals surface area contributed by atoms with Crippen LogP contribution in [0.2, 0.25) is 0 Å². The molecule has 0 aliphatic heterocycles. The van der Waals surface area contributed by atoms with Gasteiger partial charge in [-0.2, -0.15) is 10.5 Å². The highest BCUT2D eigenvalue weighted by atomic mass is 16.1. The first-order valence-electron chi connectivity index (χ1n) is 7.82. The van der Waals surface area contributed by atoms with E-state index in [1.807, 2.05) is 12.1 Å². The van der Waals surface area contributed by atoms with E-state index in [0.29, 0.717) is 23.2 Å². The molecule has 0 aromatic heterocycles. The molecule has 1 saturated carbocycles. The van der Waals surface area contributed by atoms with Gasteiger partial charge in [-0.1, -0.05) is 31.9 Å². The molecule has 2 unspecified atom stereocenters. The fraction of sp³-hybridized carbons (Fsp3) is 0.389. The van der Waals surface area contributed by atoms with Gasteiger partial charge in [0.05, 0.1) is 11.3 Å². The summed E-state index contributed by atoms with van der Waals surface area (Å²) >= 11 is 0. The maximum atomic E-state index is 12.2. The molecule has 0 radical (unpaired) electrons. The third kappa shape index (κ3) is 4.34. The molecule has 1 aliphatic rings. The summed E-state index contributed by atoms with van der Waals surface area (Å²) in [6.07, 6.45) is 6.11. The van der Waals surface area contributed by atoms with Gasteiger partial charge >= 0.3 is 0 Å². The number of anilines is 1. The lowest BCUT2D eigenvalue weighted by molar-refractivity contribution is -0.112. The van der Waals surface area contributed by atoms with Gasteiger partial charge in [-0.05, 0) is 30.9 Å². The first-order valence-corrected chi connectivity index (χ1v) is 7.82. The van der Waals surface area contributed by atoms with Crippen LogP contribution in [-0.4, -0.2) is 11.9 Å². The Hall–Kier alpha value is -2.79. The predicted molar refractivity (Wildman–Crippen MR) is 88.0 cm³/mol. The van der Waals surface area contributed by atoms with E-state index in [-0.39, 0.29) is 5.57 Å². The summed E-state index contributed by atoms with van der Waals surface area (Å²) in [6, 6.07) is 10.9. The van der Waals surface area contributed by atoms with Crippen LogP contribution in [-0.2, 0) is 4.79 Å². The second-order valence-electron chi connectivity index (χ2n) is 5.82. The van der Waals surface area contributed by atoms with Crippen molar-refractivity contribution in [3.05, 3.63) is 41.6 Å². The molecule has 1 aliphatic carbocycles. The molecule has 1 aromatic rings. The van der Waals surface area contributed by atoms with E-state index in [4.69, 9.17) is 5.26 Å². The minimum atomic E-state index is -0.508.